The molecule has 2 rings (SSSR count). The van der Waals surface area contributed by atoms with Gasteiger partial charge in [0.25, 0.3) is 0 Å². The van der Waals surface area contributed by atoms with Gasteiger partial charge in [0.2, 0.25) is 10.0 Å². The number of hydrogen-bond donors (Lipinski definition) is 3. The third-order valence-corrected chi connectivity index (χ3v) is 4.61. The molecule has 0 aliphatic heterocycles. The first-order valence-electron chi connectivity index (χ1n) is 7.92. The van der Waals surface area contributed by atoms with Gasteiger partial charge in [-0.15, -0.1) is 13.2 Å². The highest BCUT2D eigenvalue weighted by Crippen LogP contribution is 2.27. The van der Waals surface area contributed by atoms with Crippen molar-refractivity contribution in [1.82, 2.24) is 4.72 Å². The molecule has 7 nitrogen and oxygen atoms in total. The summed E-state index contributed by atoms with van der Waals surface area (Å²) in [6, 6.07) is 4.92. The third kappa shape index (κ3) is 7.08. The summed E-state index contributed by atoms with van der Waals surface area (Å²) < 4.78 is 65.5. The lowest BCUT2D eigenvalue weighted by atomic mass is 10.1. The minimum Gasteiger partial charge on any atom is -0.406 e. The summed E-state index contributed by atoms with van der Waals surface area (Å²) in [6.45, 7) is 0.349. The molecule has 11 heteroatoms. The van der Waals surface area contributed by atoms with Gasteiger partial charge in [-0.1, -0.05) is 6.42 Å². The summed E-state index contributed by atoms with van der Waals surface area (Å²) in [7, 11) is -3.28. The summed E-state index contributed by atoms with van der Waals surface area (Å²) in [5, 5.41) is 2.77. The van der Waals surface area contributed by atoms with Crippen LogP contribution in [0.1, 0.15) is 19.3 Å². The average Bonchev–Trinajstić information content (AvgIpc) is 2.91. The van der Waals surface area contributed by atoms with Gasteiger partial charge < -0.3 is 15.8 Å². The quantitative estimate of drug-likeness (QED) is 0.506. The van der Waals surface area contributed by atoms with Gasteiger partial charge in [-0.2, -0.15) is 0 Å². The standard InChI is InChI=1S/C15H21F3N4O3S/c1-26(23,24)22-13-4-2-3-10(13)9-20-14(19)21-11-5-7-12(8-6-11)25-15(16,17)18/h5-8,10,13,22H,2-4,9H2,1H3,(H3,19,20,21). The molecule has 146 valence electrons. The molecule has 1 aromatic rings. The molecule has 1 aliphatic rings. The van der Waals surface area contributed by atoms with Crippen LogP contribution < -0.4 is 20.5 Å². The van der Waals surface area contributed by atoms with Gasteiger partial charge in [0, 0.05) is 18.3 Å². The van der Waals surface area contributed by atoms with E-state index in [1.165, 1.54) is 12.1 Å². The number of aliphatic imine (C=N–C) groups is 1. The second-order valence-electron chi connectivity index (χ2n) is 6.11. The molecule has 0 amide bonds. The molecule has 1 saturated carbocycles. The molecule has 4 N–H and O–H groups in total. The maximum atomic E-state index is 12.1. The second-order valence-corrected chi connectivity index (χ2v) is 7.89. The first kappa shape index (κ1) is 20.3. The summed E-state index contributed by atoms with van der Waals surface area (Å²) in [6.07, 6.45) is -1.13. The number of nitrogens with one attached hydrogen (secondary N) is 2. The molecule has 0 bridgehead atoms. The smallest absolute Gasteiger partial charge is 0.406 e. The highest BCUT2D eigenvalue weighted by molar-refractivity contribution is 7.88. The second kappa shape index (κ2) is 8.12. The van der Waals surface area contributed by atoms with Crippen molar-refractivity contribution in [3.05, 3.63) is 24.3 Å². The Morgan fingerprint density at radius 3 is 2.54 bits per heavy atom. The molecule has 2 unspecified atom stereocenters. The lowest BCUT2D eigenvalue weighted by Gasteiger charge is -2.18. The number of ether oxygens (including phenoxy) is 1. The topological polar surface area (TPSA) is 106 Å². The Balaban J connectivity index is 1.89. The highest BCUT2D eigenvalue weighted by atomic mass is 32.2. The van der Waals surface area contributed by atoms with Gasteiger partial charge in [-0.05, 0) is 43.0 Å². The van der Waals surface area contributed by atoms with Crippen LogP contribution in [0, 0.1) is 5.92 Å². The number of nitrogens with two attached hydrogens (primary N) is 1. The van der Waals surface area contributed by atoms with E-state index in [2.05, 4.69) is 19.8 Å². The number of halogens is 3. The van der Waals surface area contributed by atoms with Crippen LogP contribution in [0.5, 0.6) is 5.75 Å². The van der Waals surface area contributed by atoms with Gasteiger partial charge in [-0.3, -0.25) is 4.99 Å². The summed E-state index contributed by atoms with van der Waals surface area (Å²) in [5.74, 6) is -0.189. The van der Waals surface area contributed by atoms with Crippen molar-refractivity contribution in [2.24, 2.45) is 16.6 Å². The number of hydrogen-bond acceptors (Lipinski definition) is 4. The fourth-order valence-corrected chi connectivity index (χ4v) is 3.69. The van der Waals surface area contributed by atoms with Crippen LogP contribution in [0.15, 0.2) is 29.3 Å². The Bertz CT molecular complexity index is 735. The summed E-state index contributed by atoms with van der Waals surface area (Å²) >= 11 is 0. The van der Waals surface area contributed by atoms with Gasteiger partial charge in [0.15, 0.2) is 5.96 Å². The molecule has 2 atom stereocenters. The largest absolute Gasteiger partial charge is 0.573 e. The Morgan fingerprint density at radius 2 is 1.96 bits per heavy atom. The van der Waals surface area contributed by atoms with Crippen LogP contribution in [0.4, 0.5) is 18.9 Å². The fraction of sp³-hybridized carbons (Fsp3) is 0.533. The molecule has 1 fully saturated rings. The zero-order valence-corrected chi connectivity index (χ0v) is 14.9. The number of alkyl halides is 3. The Morgan fingerprint density at radius 1 is 1.31 bits per heavy atom. The Labute approximate surface area is 149 Å². The van der Waals surface area contributed by atoms with E-state index in [0.717, 1.165) is 37.7 Å². The van der Waals surface area contributed by atoms with E-state index in [-0.39, 0.29) is 23.7 Å². The first-order chi connectivity index (χ1) is 12.0. The molecule has 0 heterocycles. The predicted molar refractivity (Wildman–Crippen MR) is 92.3 cm³/mol. The Kier molecular flexibility index (Phi) is 6.34. The van der Waals surface area contributed by atoms with Crippen molar-refractivity contribution < 1.29 is 26.3 Å². The number of benzene rings is 1. The van der Waals surface area contributed by atoms with Crippen molar-refractivity contribution in [2.45, 2.75) is 31.7 Å². The number of anilines is 1. The highest BCUT2D eigenvalue weighted by Gasteiger charge is 2.31. The van der Waals surface area contributed by atoms with Crippen LogP contribution in [-0.4, -0.2) is 39.6 Å². The number of sulfonamides is 1. The van der Waals surface area contributed by atoms with E-state index in [0.29, 0.717) is 12.2 Å². The molecule has 0 saturated heterocycles. The molecular formula is C15H21F3N4O3S. The van der Waals surface area contributed by atoms with Crippen LogP contribution in [0.3, 0.4) is 0 Å². The Hall–Kier alpha value is -2.01. The van der Waals surface area contributed by atoms with Crippen LogP contribution in [0.2, 0.25) is 0 Å². The fourth-order valence-electron chi connectivity index (χ4n) is 2.83. The number of nitrogens with zero attached hydrogens (tertiary/aromatic N) is 1. The van der Waals surface area contributed by atoms with E-state index < -0.39 is 16.4 Å². The molecule has 1 aliphatic carbocycles. The van der Waals surface area contributed by atoms with E-state index in [1.54, 1.807) is 0 Å². The lowest BCUT2D eigenvalue weighted by molar-refractivity contribution is -0.274. The molecule has 0 aromatic heterocycles. The van der Waals surface area contributed by atoms with Crippen molar-refractivity contribution in [3.8, 4) is 5.75 Å². The molecule has 0 radical (unpaired) electrons. The van der Waals surface area contributed by atoms with E-state index in [1.807, 2.05) is 0 Å². The van der Waals surface area contributed by atoms with Crippen LogP contribution in [-0.2, 0) is 10.0 Å². The van der Waals surface area contributed by atoms with Crippen molar-refractivity contribution in [2.75, 3.05) is 18.1 Å². The van der Waals surface area contributed by atoms with Gasteiger partial charge >= 0.3 is 6.36 Å². The van der Waals surface area contributed by atoms with Crippen LogP contribution >= 0.6 is 0 Å². The lowest BCUT2D eigenvalue weighted by Crippen LogP contribution is -2.38. The third-order valence-electron chi connectivity index (χ3n) is 3.88. The maximum absolute atomic E-state index is 12.1. The monoisotopic (exact) mass is 394 g/mol. The van der Waals surface area contributed by atoms with E-state index in [9.17, 15) is 21.6 Å². The van der Waals surface area contributed by atoms with Gasteiger partial charge in [-0.25, -0.2) is 13.1 Å². The van der Waals surface area contributed by atoms with Crippen molar-refractivity contribution in [3.63, 3.8) is 0 Å². The van der Waals surface area contributed by atoms with E-state index >= 15 is 0 Å². The minimum absolute atomic E-state index is 0.0487. The zero-order chi connectivity index (χ0) is 19.4. The van der Waals surface area contributed by atoms with Gasteiger partial charge in [0.1, 0.15) is 5.75 Å². The summed E-state index contributed by atoms with van der Waals surface area (Å²) in [4.78, 5) is 4.20. The number of guanidine groups is 1. The summed E-state index contributed by atoms with van der Waals surface area (Å²) in [5.41, 5.74) is 6.24. The van der Waals surface area contributed by atoms with Gasteiger partial charge in [0.05, 0.1) is 6.26 Å². The average molecular weight is 394 g/mol. The predicted octanol–water partition coefficient (Wildman–Crippen LogP) is 2.03. The molecule has 26 heavy (non-hydrogen) atoms. The van der Waals surface area contributed by atoms with E-state index in [4.69, 9.17) is 5.73 Å². The molecule has 1 aromatic carbocycles. The maximum Gasteiger partial charge on any atom is 0.573 e. The van der Waals surface area contributed by atoms with Crippen molar-refractivity contribution >= 4 is 21.7 Å². The molecular weight excluding hydrogens is 373 g/mol. The SMILES string of the molecule is CS(=O)(=O)NC1CCCC1CN=C(N)Nc1ccc(OC(F)(F)F)cc1. The molecule has 0 spiro atoms. The van der Waals surface area contributed by atoms with Crippen LogP contribution in [0.25, 0.3) is 0 Å². The minimum atomic E-state index is -4.74. The first-order valence-corrected chi connectivity index (χ1v) is 9.81. The normalized spacial score (nSPS) is 21.6. The number of rotatable bonds is 6. The van der Waals surface area contributed by atoms with Crippen molar-refractivity contribution in [1.29, 1.82) is 0 Å². The zero-order valence-electron chi connectivity index (χ0n) is 14.1.